The SMILES string of the molecule is O=C1C(=O)N(CCc2c[nH]c3ccccc23)C(c2ccccc2[N+](=O)[O-])/C1=C(/O)c1ccc(Br)cc1. The van der Waals surface area contributed by atoms with Gasteiger partial charge >= 0.3 is 0 Å². The summed E-state index contributed by atoms with van der Waals surface area (Å²) in [6.07, 6.45) is 2.26. The van der Waals surface area contributed by atoms with Crippen LogP contribution in [-0.2, 0) is 16.0 Å². The molecule has 1 amide bonds. The predicted molar refractivity (Wildman–Crippen MR) is 138 cm³/mol. The molecule has 3 aromatic carbocycles. The molecule has 5 rings (SSSR count). The molecule has 2 N–H and O–H groups in total. The number of aromatic nitrogens is 1. The number of halogens is 1. The van der Waals surface area contributed by atoms with E-state index in [0.29, 0.717) is 12.0 Å². The van der Waals surface area contributed by atoms with Gasteiger partial charge in [0.1, 0.15) is 5.76 Å². The molecule has 1 unspecified atom stereocenters. The van der Waals surface area contributed by atoms with Gasteiger partial charge in [-0.2, -0.15) is 0 Å². The lowest BCUT2D eigenvalue weighted by atomic mass is 9.94. The molecule has 0 bridgehead atoms. The van der Waals surface area contributed by atoms with Gasteiger partial charge in [-0.3, -0.25) is 19.7 Å². The van der Waals surface area contributed by atoms with Gasteiger partial charge in [0.15, 0.2) is 0 Å². The first kappa shape index (κ1) is 23.5. The van der Waals surface area contributed by atoms with Gasteiger partial charge in [0.05, 0.1) is 22.1 Å². The van der Waals surface area contributed by atoms with Crippen LogP contribution in [0.1, 0.15) is 22.7 Å². The third kappa shape index (κ3) is 4.07. The molecule has 36 heavy (non-hydrogen) atoms. The van der Waals surface area contributed by atoms with Gasteiger partial charge in [0.2, 0.25) is 0 Å². The first-order valence-corrected chi connectivity index (χ1v) is 12.0. The molecule has 9 heteroatoms. The Morgan fingerprint density at radius 3 is 2.47 bits per heavy atom. The van der Waals surface area contributed by atoms with Crippen molar-refractivity contribution in [2.45, 2.75) is 12.5 Å². The molecule has 1 aromatic heterocycles. The number of aliphatic hydroxyl groups excluding tert-OH is 1. The lowest BCUT2D eigenvalue weighted by Gasteiger charge is -2.25. The van der Waals surface area contributed by atoms with Gasteiger partial charge in [0.25, 0.3) is 17.4 Å². The molecular formula is C27H20BrN3O5. The normalized spacial score (nSPS) is 17.1. The molecule has 180 valence electrons. The number of benzene rings is 3. The van der Waals surface area contributed by atoms with Crippen molar-refractivity contribution in [3.05, 3.63) is 116 Å². The second-order valence-electron chi connectivity index (χ2n) is 8.42. The Balaban J connectivity index is 1.62. The van der Waals surface area contributed by atoms with Crippen LogP contribution in [0.5, 0.6) is 0 Å². The Kier molecular flexibility index (Phi) is 6.15. The van der Waals surface area contributed by atoms with E-state index in [-0.39, 0.29) is 29.1 Å². The summed E-state index contributed by atoms with van der Waals surface area (Å²) >= 11 is 3.34. The smallest absolute Gasteiger partial charge is 0.295 e. The number of amides is 1. The molecule has 8 nitrogen and oxygen atoms in total. The number of ketones is 1. The van der Waals surface area contributed by atoms with Crippen LogP contribution in [-0.4, -0.2) is 38.1 Å². The molecule has 0 spiro atoms. The zero-order valence-electron chi connectivity index (χ0n) is 18.8. The minimum atomic E-state index is -1.11. The van der Waals surface area contributed by atoms with Gasteiger partial charge in [-0.1, -0.05) is 58.4 Å². The quantitative estimate of drug-likeness (QED) is 0.109. The van der Waals surface area contributed by atoms with Crippen LogP contribution in [0.25, 0.3) is 16.7 Å². The Bertz CT molecular complexity index is 1540. The number of aliphatic hydroxyl groups is 1. The molecule has 1 aliphatic heterocycles. The molecule has 1 atom stereocenters. The Labute approximate surface area is 214 Å². The van der Waals surface area contributed by atoms with E-state index in [1.54, 1.807) is 30.3 Å². The molecule has 0 aliphatic carbocycles. The van der Waals surface area contributed by atoms with E-state index < -0.39 is 22.7 Å². The number of hydrogen-bond acceptors (Lipinski definition) is 5. The molecule has 0 saturated carbocycles. The van der Waals surface area contributed by atoms with E-state index in [1.165, 1.54) is 23.1 Å². The third-order valence-corrected chi connectivity index (χ3v) is 6.91. The average molecular weight is 546 g/mol. The number of para-hydroxylation sites is 2. The molecule has 1 aliphatic rings. The first-order chi connectivity index (χ1) is 17.4. The summed E-state index contributed by atoms with van der Waals surface area (Å²) in [5.74, 6) is -2.06. The van der Waals surface area contributed by atoms with E-state index in [1.807, 2.05) is 30.5 Å². The average Bonchev–Trinajstić information content (AvgIpc) is 3.41. The summed E-state index contributed by atoms with van der Waals surface area (Å²) in [6, 6.07) is 19.2. The largest absolute Gasteiger partial charge is 0.507 e. The standard InChI is InChI=1S/C27H20BrN3O5/c28-18-11-9-16(10-12-18)25(32)23-24(20-6-2-4-8-22(20)31(35)36)30(27(34)26(23)33)14-13-17-15-29-21-7-3-1-5-19(17)21/h1-12,15,24,29,32H,13-14H2/b25-23-. The number of nitro benzene ring substituents is 1. The van der Waals surface area contributed by atoms with Gasteiger partial charge in [-0.15, -0.1) is 0 Å². The minimum absolute atomic E-state index is 0.125. The number of carbonyl (C=O) groups excluding carboxylic acids is 2. The van der Waals surface area contributed by atoms with E-state index in [0.717, 1.165) is 20.9 Å². The number of nitrogens with zero attached hydrogens (tertiary/aromatic N) is 2. The fraction of sp³-hybridized carbons (Fsp3) is 0.111. The summed E-state index contributed by atoms with van der Waals surface area (Å²) in [5.41, 5.74) is 1.98. The van der Waals surface area contributed by atoms with Gasteiger partial charge < -0.3 is 15.0 Å². The van der Waals surface area contributed by atoms with E-state index in [9.17, 15) is 24.8 Å². The maximum atomic E-state index is 13.2. The highest BCUT2D eigenvalue weighted by Gasteiger charge is 2.47. The second kappa shape index (κ2) is 9.43. The summed E-state index contributed by atoms with van der Waals surface area (Å²) in [6.45, 7) is 0.125. The third-order valence-electron chi connectivity index (χ3n) is 6.38. The molecular weight excluding hydrogens is 526 g/mol. The second-order valence-corrected chi connectivity index (χ2v) is 9.34. The number of nitro groups is 1. The van der Waals surface area contributed by atoms with Crippen LogP contribution < -0.4 is 0 Å². The van der Waals surface area contributed by atoms with Crippen molar-refractivity contribution in [3.63, 3.8) is 0 Å². The number of H-pyrrole nitrogens is 1. The van der Waals surface area contributed by atoms with Crippen molar-refractivity contribution in [1.29, 1.82) is 0 Å². The summed E-state index contributed by atoms with van der Waals surface area (Å²) in [7, 11) is 0. The van der Waals surface area contributed by atoms with Crippen LogP contribution in [0.15, 0.2) is 89.0 Å². The molecule has 4 aromatic rings. The number of hydrogen-bond donors (Lipinski definition) is 2. The Morgan fingerprint density at radius 2 is 1.72 bits per heavy atom. The highest BCUT2D eigenvalue weighted by Crippen LogP contribution is 2.42. The van der Waals surface area contributed by atoms with E-state index in [4.69, 9.17) is 0 Å². The number of likely N-dealkylation sites (tertiary alicyclic amines) is 1. The van der Waals surface area contributed by atoms with Crippen molar-refractivity contribution < 1.29 is 19.6 Å². The number of nitrogens with one attached hydrogen (secondary N) is 1. The van der Waals surface area contributed by atoms with Crippen LogP contribution in [0.4, 0.5) is 5.69 Å². The number of Topliss-reactive ketones (excluding diaryl/α,β-unsaturated/α-hetero) is 1. The fourth-order valence-electron chi connectivity index (χ4n) is 4.66. The predicted octanol–water partition coefficient (Wildman–Crippen LogP) is 5.50. The van der Waals surface area contributed by atoms with Crippen LogP contribution in [0.2, 0.25) is 0 Å². The maximum absolute atomic E-state index is 13.2. The fourth-order valence-corrected chi connectivity index (χ4v) is 4.93. The highest BCUT2D eigenvalue weighted by atomic mass is 79.9. The Morgan fingerprint density at radius 1 is 1.03 bits per heavy atom. The zero-order valence-corrected chi connectivity index (χ0v) is 20.4. The van der Waals surface area contributed by atoms with Crippen LogP contribution in [0, 0.1) is 10.1 Å². The first-order valence-electron chi connectivity index (χ1n) is 11.2. The summed E-state index contributed by atoms with van der Waals surface area (Å²) < 4.78 is 0.772. The monoisotopic (exact) mass is 545 g/mol. The molecule has 0 radical (unpaired) electrons. The Hall–Kier alpha value is -4.24. The number of fused-ring (bicyclic) bond motifs is 1. The van der Waals surface area contributed by atoms with Gasteiger partial charge in [0, 0.05) is 39.7 Å². The van der Waals surface area contributed by atoms with Crippen molar-refractivity contribution in [1.82, 2.24) is 9.88 Å². The maximum Gasteiger partial charge on any atom is 0.295 e. The van der Waals surface area contributed by atoms with Crippen molar-refractivity contribution in [3.8, 4) is 0 Å². The van der Waals surface area contributed by atoms with E-state index >= 15 is 0 Å². The summed E-state index contributed by atoms with van der Waals surface area (Å²) in [4.78, 5) is 42.3. The molecule has 1 saturated heterocycles. The number of rotatable bonds is 6. The van der Waals surface area contributed by atoms with Crippen LogP contribution >= 0.6 is 15.9 Å². The van der Waals surface area contributed by atoms with Crippen molar-refractivity contribution >= 4 is 50.0 Å². The van der Waals surface area contributed by atoms with Gasteiger partial charge in [-0.25, -0.2) is 0 Å². The van der Waals surface area contributed by atoms with E-state index in [2.05, 4.69) is 20.9 Å². The molecule has 2 heterocycles. The summed E-state index contributed by atoms with van der Waals surface area (Å²) in [5, 5.41) is 24.0. The van der Waals surface area contributed by atoms with Crippen molar-refractivity contribution in [2.75, 3.05) is 6.54 Å². The van der Waals surface area contributed by atoms with Crippen molar-refractivity contribution in [2.24, 2.45) is 0 Å². The zero-order chi connectivity index (χ0) is 25.4. The van der Waals surface area contributed by atoms with Crippen LogP contribution in [0.3, 0.4) is 0 Å². The number of aromatic amines is 1. The minimum Gasteiger partial charge on any atom is -0.507 e. The lowest BCUT2D eigenvalue weighted by molar-refractivity contribution is -0.385. The lowest BCUT2D eigenvalue weighted by Crippen LogP contribution is -2.32. The number of carbonyl (C=O) groups is 2. The topological polar surface area (TPSA) is 117 Å². The van der Waals surface area contributed by atoms with Gasteiger partial charge in [-0.05, 0) is 36.2 Å². The highest BCUT2D eigenvalue weighted by molar-refractivity contribution is 9.10. The molecule has 1 fully saturated rings.